The molecule has 0 aliphatic carbocycles. The normalized spacial score (nSPS) is 22.0. The van der Waals surface area contributed by atoms with E-state index in [9.17, 15) is 18.5 Å². The Labute approximate surface area is 176 Å². The molecule has 2 aliphatic rings. The highest BCUT2D eigenvalue weighted by atomic mass is 32.2. The Morgan fingerprint density at radius 1 is 1.27 bits per heavy atom. The van der Waals surface area contributed by atoms with Crippen molar-refractivity contribution in [1.82, 2.24) is 15.5 Å². The largest absolute Gasteiger partial charge is 0.379 e. The molecule has 0 amide bonds. The second-order valence-corrected chi connectivity index (χ2v) is 9.80. The Kier molecular flexibility index (Phi) is 8.00. The summed E-state index contributed by atoms with van der Waals surface area (Å²) in [6.45, 7) is 5.45. The number of hydrogen-bond acceptors (Lipinski definition) is 7. The number of nitrogens with one attached hydrogen (secondary N) is 2. The number of sulfone groups is 1. The summed E-state index contributed by atoms with van der Waals surface area (Å²) < 4.78 is 28.9. The van der Waals surface area contributed by atoms with Crippen molar-refractivity contribution in [3.05, 3.63) is 39.9 Å². The lowest BCUT2D eigenvalue weighted by atomic mass is 10.2. The van der Waals surface area contributed by atoms with Gasteiger partial charge in [0.05, 0.1) is 36.2 Å². The second-order valence-electron chi connectivity index (χ2n) is 7.57. The second kappa shape index (κ2) is 10.7. The molecule has 10 nitrogen and oxygen atoms in total. The fourth-order valence-corrected chi connectivity index (χ4v) is 5.16. The summed E-state index contributed by atoms with van der Waals surface area (Å²) in [4.78, 5) is 17.3. The van der Waals surface area contributed by atoms with Gasteiger partial charge in [-0.25, -0.2) is 13.4 Å². The summed E-state index contributed by atoms with van der Waals surface area (Å²) in [6.07, 6.45) is 1.50. The first-order chi connectivity index (χ1) is 14.4. The molecule has 0 saturated carbocycles. The number of hydrogen-bond donors (Lipinski definition) is 2. The average Bonchev–Trinajstić information content (AvgIpc) is 3.08. The monoisotopic (exact) mass is 439 g/mol. The molecule has 1 atom stereocenters. The van der Waals surface area contributed by atoms with Gasteiger partial charge in [-0.3, -0.25) is 15.0 Å². The third kappa shape index (κ3) is 7.22. The molecule has 2 N–H and O–H groups in total. The molecule has 3 rings (SSSR count). The number of benzene rings is 1. The van der Waals surface area contributed by atoms with E-state index in [1.54, 1.807) is 12.1 Å². The van der Waals surface area contributed by atoms with E-state index in [1.165, 1.54) is 12.1 Å². The predicted molar refractivity (Wildman–Crippen MR) is 114 cm³/mol. The van der Waals surface area contributed by atoms with Crippen molar-refractivity contribution in [2.24, 2.45) is 4.99 Å². The van der Waals surface area contributed by atoms with Crippen molar-refractivity contribution in [2.45, 2.75) is 25.4 Å². The minimum Gasteiger partial charge on any atom is -0.379 e. The fraction of sp³-hybridized carbons (Fsp3) is 0.632. The van der Waals surface area contributed by atoms with Crippen LogP contribution in [-0.2, 0) is 21.1 Å². The van der Waals surface area contributed by atoms with Crippen molar-refractivity contribution < 1.29 is 18.1 Å². The van der Waals surface area contributed by atoms with Crippen molar-refractivity contribution >= 4 is 21.5 Å². The van der Waals surface area contributed by atoms with E-state index in [2.05, 4.69) is 20.5 Å². The third-order valence-electron chi connectivity index (χ3n) is 5.19. The van der Waals surface area contributed by atoms with Gasteiger partial charge in [0.25, 0.3) is 5.69 Å². The molecule has 1 aromatic rings. The van der Waals surface area contributed by atoms with Crippen LogP contribution >= 0.6 is 0 Å². The molecule has 2 heterocycles. The van der Waals surface area contributed by atoms with Gasteiger partial charge in [-0.1, -0.05) is 12.1 Å². The van der Waals surface area contributed by atoms with E-state index in [-0.39, 0.29) is 23.2 Å². The molecule has 1 unspecified atom stereocenters. The molecular formula is C19H29N5O5S. The van der Waals surface area contributed by atoms with Crippen LogP contribution in [0.5, 0.6) is 0 Å². The van der Waals surface area contributed by atoms with E-state index < -0.39 is 14.8 Å². The topological polar surface area (TPSA) is 126 Å². The highest BCUT2D eigenvalue weighted by Gasteiger charge is 2.28. The molecule has 1 aromatic carbocycles. The number of nitro benzene ring substituents is 1. The number of guanidine groups is 1. The van der Waals surface area contributed by atoms with Crippen molar-refractivity contribution in [2.75, 3.05) is 50.9 Å². The fourth-order valence-electron chi connectivity index (χ4n) is 3.48. The summed E-state index contributed by atoms with van der Waals surface area (Å²) in [6, 6.07) is 6.11. The average molecular weight is 440 g/mol. The van der Waals surface area contributed by atoms with E-state index in [0.717, 1.165) is 44.8 Å². The SMILES string of the molecule is O=[N+]([O-])c1ccc(CN=C(NCCCN2CCOCC2)NC2CCS(=O)(=O)C2)cc1. The number of rotatable bonds is 8. The minimum absolute atomic E-state index is 0.0403. The molecule has 166 valence electrons. The Balaban J connectivity index is 1.54. The van der Waals surface area contributed by atoms with Crippen LogP contribution < -0.4 is 10.6 Å². The molecule has 0 bridgehead atoms. The molecule has 11 heteroatoms. The lowest BCUT2D eigenvalue weighted by Crippen LogP contribution is -2.45. The molecule has 2 saturated heterocycles. The zero-order chi connectivity index (χ0) is 21.4. The van der Waals surface area contributed by atoms with Gasteiger partial charge in [0.15, 0.2) is 15.8 Å². The molecule has 30 heavy (non-hydrogen) atoms. The predicted octanol–water partition coefficient (Wildman–Crippen LogP) is 0.539. The van der Waals surface area contributed by atoms with E-state index in [4.69, 9.17) is 4.74 Å². The standard InChI is InChI=1S/C19H29N5O5S/c25-24(26)18-4-2-16(3-5-18)14-21-19(22-17-6-13-30(27,28)15-17)20-7-1-8-23-9-11-29-12-10-23/h2-5,17H,1,6-15H2,(H2,20,21,22). The number of non-ortho nitro benzene ring substituents is 1. The van der Waals surface area contributed by atoms with Gasteiger partial charge in [-0.15, -0.1) is 0 Å². The van der Waals surface area contributed by atoms with Crippen LogP contribution in [0.2, 0.25) is 0 Å². The maximum Gasteiger partial charge on any atom is 0.269 e. The molecular weight excluding hydrogens is 410 g/mol. The third-order valence-corrected chi connectivity index (χ3v) is 6.96. The molecule has 2 aliphatic heterocycles. The Bertz CT molecular complexity index is 837. The first kappa shape index (κ1) is 22.4. The first-order valence-electron chi connectivity index (χ1n) is 10.2. The lowest BCUT2D eigenvalue weighted by molar-refractivity contribution is -0.384. The van der Waals surface area contributed by atoms with Crippen molar-refractivity contribution in [3.8, 4) is 0 Å². The summed E-state index contributed by atoms with van der Waals surface area (Å²) in [5, 5.41) is 17.3. The van der Waals surface area contributed by atoms with Crippen LogP contribution in [0.3, 0.4) is 0 Å². The number of nitrogens with zero attached hydrogens (tertiary/aromatic N) is 3. The van der Waals surface area contributed by atoms with Crippen LogP contribution in [0.25, 0.3) is 0 Å². The lowest BCUT2D eigenvalue weighted by Gasteiger charge is -2.26. The first-order valence-corrected chi connectivity index (χ1v) is 12.0. The zero-order valence-electron chi connectivity index (χ0n) is 17.0. The Hall–Kier alpha value is -2.24. The van der Waals surface area contributed by atoms with Crippen LogP contribution in [0.1, 0.15) is 18.4 Å². The Morgan fingerprint density at radius 3 is 2.63 bits per heavy atom. The molecule has 0 spiro atoms. The van der Waals surface area contributed by atoms with E-state index in [1.807, 2.05) is 0 Å². The molecule has 0 radical (unpaired) electrons. The molecule has 0 aromatic heterocycles. The number of nitro groups is 1. The maximum atomic E-state index is 11.8. The van der Waals surface area contributed by atoms with Crippen LogP contribution in [-0.4, -0.2) is 81.1 Å². The highest BCUT2D eigenvalue weighted by Crippen LogP contribution is 2.13. The van der Waals surface area contributed by atoms with Gasteiger partial charge in [-0.05, 0) is 24.9 Å². The van der Waals surface area contributed by atoms with Crippen LogP contribution in [0.4, 0.5) is 5.69 Å². The number of aliphatic imine (C=N–C) groups is 1. The van der Waals surface area contributed by atoms with Gasteiger partial charge in [0, 0.05) is 37.8 Å². The quantitative estimate of drug-likeness (QED) is 0.198. The summed E-state index contributed by atoms with van der Waals surface area (Å²) in [5.41, 5.74) is 0.882. The summed E-state index contributed by atoms with van der Waals surface area (Å²) in [5.74, 6) is 0.869. The summed E-state index contributed by atoms with van der Waals surface area (Å²) >= 11 is 0. The Morgan fingerprint density at radius 2 is 2.00 bits per heavy atom. The van der Waals surface area contributed by atoms with Gasteiger partial charge in [-0.2, -0.15) is 0 Å². The van der Waals surface area contributed by atoms with Crippen molar-refractivity contribution in [3.63, 3.8) is 0 Å². The number of ether oxygens (including phenoxy) is 1. The highest BCUT2D eigenvalue weighted by molar-refractivity contribution is 7.91. The van der Waals surface area contributed by atoms with Gasteiger partial charge in [0.2, 0.25) is 0 Å². The summed E-state index contributed by atoms with van der Waals surface area (Å²) in [7, 11) is -2.99. The zero-order valence-corrected chi connectivity index (χ0v) is 17.8. The maximum absolute atomic E-state index is 11.8. The van der Waals surface area contributed by atoms with E-state index in [0.29, 0.717) is 25.5 Å². The molecule has 2 fully saturated rings. The van der Waals surface area contributed by atoms with Crippen LogP contribution in [0, 0.1) is 10.1 Å². The smallest absolute Gasteiger partial charge is 0.269 e. The van der Waals surface area contributed by atoms with Gasteiger partial charge < -0.3 is 15.4 Å². The van der Waals surface area contributed by atoms with E-state index >= 15 is 0 Å². The van der Waals surface area contributed by atoms with Gasteiger partial charge in [0.1, 0.15) is 0 Å². The minimum atomic E-state index is -2.99. The van der Waals surface area contributed by atoms with Gasteiger partial charge >= 0.3 is 0 Å². The van der Waals surface area contributed by atoms with Crippen LogP contribution in [0.15, 0.2) is 29.3 Å². The van der Waals surface area contributed by atoms with Crippen molar-refractivity contribution in [1.29, 1.82) is 0 Å². The number of morpholine rings is 1.